The van der Waals surface area contributed by atoms with Crippen LogP contribution in [0, 0.1) is 0 Å². The van der Waals surface area contributed by atoms with Gasteiger partial charge in [-0.1, -0.05) is 60.1 Å². The van der Waals surface area contributed by atoms with Crippen LogP contribution in [0.1, 0.15) is 18.2 Å². The van der Waals surface area contributed by atoms with Crippen LogP contribution in [0.15, 0.2) is 79.0 Å². The van der Waals surface area contributed by atoms with E-state index < -0.39 is 6.04 Å². The molecule has 0 spiro atoms. The van der Waals surface area contributed by atoms with Gasteiger partial charge < -0.3 is 15.0 Å². The number of carbonyl (C=O) groups excluding carboxylic acids is 2. The fourth-order valence-corrected chi connectivity index (χ4v) is 3.17. The Morgan fingerprint density at radius 1 is 1.03 bits per heavy atom. The minimum atomic E-state index is -0.703. The van der Waals surface area contributed by atoms with Crippen molar-refractivity contribution in [2.75, 3.05) is 6.61 Å². The Kier molecular flexibility index (Phi) is 8.01. The smallest absolute Gasteiger partial charge is 0.261 e. The van der Waals surface area contributed by atoms with E-state index in [0.717, 1.165) is 11.3 Å². The highest BCUT2D eigenvalue weighted by atomic mass is 35.5. The van der Waals surface area contributed by atoms with E-state index in [1.54, 1.807) is 37.4 Å². The summed E-state index contributed by atoms with van der Waals surface area (Å²) in [6.45, 7) is 2.04. The van der Waals surface area contributed by atoms with Crippen molar-refractivity contribution in [3.05, 3.63) is 95.3 Å². The Bertz CT molecular complexity index is 999. The molecule has 3 rings (SSSR count). The van der Waals surface area contributed by atoms with Crippen molar-refractivity contribution >= 4 is 23.4 Å². The average molecular weight is 438 g/mol. The van der Waals surface area contributed by atoms with Gasteiger partial charge in [-0.3, -0.25) is 14.6 Å². The van der Waals surface area contributed by atoms with E-state index >= 15 is 0 Å². The summed E-state index contributed by atoms with van der Waals surface area (Å²) in [5.74, 6) is -0.165. The summed E-state index contributed by atoms with van der Waals surface area (Å²) in [6.07, 6.45) is 1.67. The summed E-state index contributed by atoms with van der Waals surface area (Å²) in [6, 6.07) is 21.3. The molecule has 0 aliphatic carbocycles. The molecule has 7 heteroatoms. The molecule has 0 radical (unpaired) electrons. The molecule has 0 saturated heterocycles. The maximum absolute atomic E-state index is 13.0. The molecule has 0 bridgehead atoms. The lowest BCUT2D eigenvalue weighted by molar-refractivity contribution is -0.142. The van der Waals surface area contributed by atoms with Gasteiger partial charge in [0, 0.05) is 12.7 Å². The van der Waals surface area contributed by atoms with Crippen LogP contribution in [-0.4, -0.2) is 34.3 Å². The number of hydrogen-bond acceptors (Lipinski definition) is 4. The topological polar surface area (TPSA) is 71.5 Å². The van der Waals surface area contributed by atoms with E-state index in [1.165, 1.54) is 4.90 Å². The van der Waals surface area contributed by atoms with Gasteiger partial charge in [-0.25, -0.2) is 0 Å². The Labute approximate surface area is 186 Å². The summed E-state index contributed by atoms with van der Waals surface area (Å²) in [5, 5.41) is 3.27. The SMILES string of the molecule is C[C@@H](C(=O)NCc1ccccn1)N(Cc1ccccc1)C(=O)COc1ccccc1Cl. The summed E-state index contributed by atoms with van der Waals surface area (Å²) in [7, 11) is 0. The van der Waals surface area contributed by atoms with E-state index in [4.69, 9.17) is 16.3 Å². The van der Waals surface area contributed by atoms with Crippen molar-refractivity contribution in [1.82, 2.24) is 15.2 Å². The molecule has 1 aromatic heterocycles. The van der Waals surface area contributed by atoms with E-state index in [0.29, 0.717) is 10.8 Å². The zero-order chi connectivity index (χ0) is 22.1. The minimum absolute atomic E-state index is 0.228. The van der Waals surface area contributed by atoms with Crippen LogP contribution in [0.4, 0.5) is 0 Å². The molecule has 1 heterocycles. The van der Waals surface area contributed by atoms with Gasteiger partial charge in [0.15, 0.2) is 6.61 Å². The number of nitrogens with zero attached hydrogens (tertiary/aromatic N) is 2. The maximum atomic E-state index is 13.0. The standard InChI is InChI=1S/C24H24ClN3O3/c1-18(24(30)27-15-20-11-7-8-14-26-20)28(16-19-9-3-2-4-10-19)23(29)17-31-22-13-6-5-12-21(22)25/h2-14,18H,15-17H2,1H3,(H,27,30)/t18-/m0/s1. The molecule has 1 N–H and O–H groups in total. The van der Waals surface area contributed by atoms with Gasteiger partial charge in [0.25, 0.3) is 5.91 Å². The monoisotopic (exact) mass is 437 g/mol. The van der Waals surface area contributed by atoms with Crippen molar-refractivity contribution in [2.45, 2.75) is 26.1 Å². The van der Waals surface area contributed by atoms with Crippen molar-refractivity contribution in [2.24, 2.45) is 0 Å². The first kappa shape index (κ1) is 22.3. The molecule has 0 aliphatic rings. The zero-order valence-corrected chi connectivity index (χ0v) is 18.0. The van der Waals surface area contributed by atoms with Gasteiger partial charge in [0.1, 0.15) is 11.8 Å². The van der Waals surface area contributed by atoms with Crippen LogP contribution < -0.4 is 10.1 Å². The number of aromatic nitrogens is 1. The lowest BCUT2D eigenvalue weighted by Gasteiger charge is -2.28. The fraction of sp³-hybridized carbons (Fsp3) is 0.208. The molecule has 1 atom stereocenters. The third-order valence-electron chi connectivity index (χ3n) is 4.72. The van der Waals surface area contributed by atoms with Crippen LogP contribution in [0.5, 0.6) is 5.75 Å². The number of carbonyl (C=O) groups is 2. The number of ether oxygens (including phenoxy) is 1. The van der Waals surface area contributed by atoms with E-state index in [1.807, 2.05) is 48.5 Å². The quantitative estimate of drug-likeness (QED) is 0.552. The van der Waals surface area contributed by atoms with Gasteiger partial charge in [0.05, 0.1) is 17.3 Å². The van der Waals surface area contributed by atoms with Gasteiger partial charge >= 0.3 is 0 Å². The number of amides is 2. The molecule has 0 saturated carbocycles. The van der Waals surface area contributed by atoms with Crippen LogP contribution in [0.2, 0.25) is 5.02 Å². The lowest BCUT2D eigenvalue weighted by Crippen LogP contribution is -2.48. The van der Waals surface area contributed by atoms with Crippen molar-refractivity contribution in [3.63, 3.8) is 0 Å². The normalized spacial score (nSPS) is 11.4. The second kappa shape index (κ2) is 11.1. The molecule has 160 valence electrons. The molecule has 6 nitrogen and oxygen atoms in total. The summed E-state index contributed by atoms with van der Waals surface area (Å²) < 4.78 is 5.61. The Hall–Kier alpha value is -3.38. The van der Waals surface area contributed by atoms with Gasteiger partial charge in [0.2, 0.25) is 5.91 Å². The number of rotatable bonds is 9. The highest BCUT2D eigenvalue weighted by Crippen LogP contribution is 2.23. The molecule has 0 fully saturated rings. The van der Waals surface area contributed by atoms with E-state index in [2.05, 4.69) is 10.3 Å². The zero-order valence-electron chi connectivity index (χ0n) is 17.2. The molecular formula is C24H24ClN3O3. The van der Waals surface area contributed by atoms with Crippen LogP contribution in [-0.2, 0) is 22.7 Å². The van der Waals surface area contributed by atoms with Crippen molar-refractivity contribution in [3.8, 4) is 5.75 Å². The summed E-state index contributed by atoms with van der Waals surface area (Å²) >= 11 is 6.11. The van der Waals surface area contributed by atoms with Crippen molar-refractivity contribution in [1.29, 1.82) is 0 Å². The molecule has 0 unspecified atom stereocenters. The third kappa shape index (κ3) is 6.55. The predicted molar refractivity (Wildman–Crippen MR) is 119 cm³/mol. The first-order valence-corrected chi connectivity index (χ1v) is 10.3. The van der Waals surface area contributed by atoms with E-state index in [-0.39, 0.29) is 31.5 Å². The van der Waals surface area contributed by atoms with Crippen LogP contribution in [0.3, 0.4) is 0 Å². The second-order valence-corrected chi connectivity index (χ2v) is 7.35. The minimum Gasteiger partial charge on any atom is -0.482 e. The highest BCUT2D eigenvalue weighted by Gasteiger charge is 2.26. The van der Waals surface area contributed by atoms with Gasteiger partial charge in [-0.2, -0.15) is 0 Å². The van der Waals surface area contributed by atoms with Crippen LogP contribution >= 0.6 is 11.6 Å². The fourth-order valence-electron chi connectivity index (χ4n) is 2.98. The first-order chi connectivity index (χ1) is 15.0. The predicted octanol–water partition coefficient (Wildman–Crippen LogP) is 3.85. The molecule has 2 aromatic carbocycles. The number of pyridine rings is 1. The molecule has 0 aliphatic heterocycles. The summed E-state index contributed by atoms with van der Waals surface area (Å²) in [4.78, 5) is 31.5. The molecule has 2 amide bonds. The lowest BCUT2D eigenvalue weighted by atomic mass is 10.1. The van der Waals surface area contributed by atoms with Crippen molar-refractivity contribution < 1.29 is 14.3 Å². The Morgan fingerprint density at radius 3 is 2.45 bits per heavy atom. The molecular weight excluding hydrogens is 414 g/mol. The Morgan fingerprint density at radius 2 is 1.74 bits per heavy atom. The maximum Gasteiger partial charge on any atom is 0.261 e. The van der Waals surface area contributed by atoms with E-state index in [9.17, 15) is 9.59 Å². The highest BCUT2D eigenvalue weighted by molar-refractivity contribution is 6.32. The van der Waals surface area contributed by atoms with Gasteiger partial charge in [-0.05, 0) is 36.8 Å². The number of benzene rings is 2. The number of para-hydroxylation sites is 1. The first-order valence-electron chi connectivity index (χ1n) is 9.93. The number of hydrogen-bond donors (Lipinski definition) is 1. The average Bonchev–Trinajstić information content (AvgIpc) is 2.81. The molecule has 31 heavy (non-hydrogen) atoms. The number of halogens is 1. The van der Waals surface area contributed by atoms with Crippen LogP contribution in [0.25, 0.3) is 0 Å². The second-order valence-electron chi connectivity index (χ2n) is 6.94. The number of nitrogens with one attached hydrogen (secondary N) is 1. The van der Waals surface area contributed by atoms with Gasteiger partial charge in [-0.15, -0.1) is 0 Å². The Balaban J connectivity index is 1.69. The molecule has 3 aromatic rings. The third-order valence-corrected chi connectivity index (χ3v) is 5.03. The summed E-state index contributed by atoms with van der Waals surface area (Å²) in [5.41, 5.74) is 1.66. The largest absolute Gasteiger partial charge is 0.482 e.